The van der Waals surface area contributed by atoms with Crippen LogP contribution in [-0.4, -0.2) is 39.4 Å². The van der Waals surface area contributed by atoms with E-state index in [0.29, 0.717) is 25.7 Å². The molecular formula is C20H28FNO3. The zero-order chi connectivity index (χ0) is 18.2. The van der Waals surface area contributed by atoms with Gasteiger partial charge in [0.1, 0.15) is 11.4 Å². The molecule has 2 aliphatic rings. The average Bonchev–Trinajstić information content (AvgIpc) is 2.78. The van der Waals surface area contributed by atoms with Gasteiger partial charge in [-0.2, -0.15) is 0 Å². The van der Waals surface area contributed by atoms with Crippen molar-refractivity contribution in [1.82, 2.24) is 4.90 Å². The van der Waals surface area contributed by atoms with Crippen LogP contribution >= 0.6 is 0 Å². The molecule has 0 aliphatic carbocycles. The van der Waals surface area contributed by atoms with Gasteiger partial charge in [0.25, 0.3) is 0 Å². The Hall–Kier alpha value is -1.62. The van der Waals surface area contributed by atoms with E-state index in [9.17, 15) is 14.3 Å². The molecule has 0 spiro atoms. The van der Waals surface area contributed by atoms with E-state index in [0.717, 1.165) is 18.4 Å². The number of carbonyl (C=O) groups excluding carboxylic acids is 1. The van der Waals surface area contributed by atoms with Crippen molar-refractivity contribution in [3.05, 3.63) is 35.6 Å². The number of halogens is 1. The second kappa shape index (κ2) is 6.60. The van der Waals surface area contributed by atoms with Crippen LogP contribution in [0.3, 0.4) is 0 Å². The van der Waals surface area contributed by atoms with Gasteiger partial charge in [-0.3, -0.25) is 0 Å². The molecule has 0 saturated carbocycles. The van der Waals surface area contributed by atoms with Crippen molar-refractivity contribution in [2.75, 3.05) is 0 Å². The summed E-state index contributed by atoms with van der Waals surface area (Å²) in [5, 5.41) is 11.0. The molecule has 138 valence electrons. The number of hydrogen-bond acceptors (Lipinski definition) is 3. The Labute approximate surface area is 149 Å². The Balaban J connectivity index is 1.62. The number of nitrogens with zero attached hydrogens (tertiary/aromatic N) is 1. The summed E-state index contributed by atoms with van der Waals surface area (Å²) in [6.07, 6.45) is 4.09. The zero-order valence-electron chi connectivity index (χ0n) is 15.3. The summed E-state index contributed by atoms with van der Waals surface area (Å²) >= 11 is 0. The summed E-state index contributed by atoms with van der Waals surface area (Å²) < 4.78 is 18.5. The van der Waals surface area contributed by atoms with Crippen LogP contribution in [0.1, 0.15) is 58.4 Å². The number of amides is 1. The van der Waals surface area contributed by atoms with E-state index in [4.69, 9.17) is 4.74 Å². The van der Waals surface area contributed by atoms with Crippen LogP contribution in [0, 0.1) is 5.82 Å². The van der Waals surface area contributed by atoms with Crippen molar-refractivity contribution in [2.24, 2.45) is 0 Å². The van der Waals surface area contributed by atoms with E-state index < -0.39 is 11.2 Å². The SMILES string of the molecule is CC(C)(C)OC(=O)N1C2CCC1CC(O)(CCc1ccc(F)cc1)C2. The Morgan fingerprint density at radius 3 is 2.32 bits per heavy atom. The van der Waals surface area contributed by atoms with Crippen LogP contribution in [0.15, 0.2) is 24.3 Å². The van der Waals surface area contributed by atoms with E-state index in [1.54, 1.807) is 12.1 Å². The third-order valence-corrected chi connectivity index (χ3v) is 5.25. The number of ether oxygens (including phenoxy) is 1. The second-order valence-corrected chi connectivity index (χ2v) is 8.53. The molecule has 4 nitrogen and oxygen atoms in total. The molecule has 1 N–H and O–H groups in total. The summed E-state index contributed by atoms with van der Waals surface area (Å²) in [6.45, 7) is 5.61. The summed E-state index contributed by atoms with van der Waals surface area (Å²) in [5.41, 5.74) is -0.247. The van der Waals surface area contributed by atoms with Gasteiger partial charge in [-0.15, -0.1) is 0 Å². The standard InChI is InChI=1S/C20H28FNO3/c1-19(2,3)25-18(23)22-16-8-9-17(22)13-20(24,12-16)11-10-14-4-6-15(21)7-5-14/h4-7,16-17,24H,8-13H2,1-3H3. The highest BCUT2D eigenvalue weighted by Crippen LogP contribution is 2.43. The maximum absolute atomic E-state index is 13.0. The van der Waals surface area contributed by atoms with Crippen molar-refractivity contribution in [2.45, 2.75) is 82.6 Å². The molecule has 2 saturated heterocycles. The van der Waals surface area contributed by atoms with Crippen molar-refractivity contribution < 1.29 is 19.0 Å². The minimum Gasteiger partial charge on any atom is -0.444 e. The molecule has 2 unspecified atom stereocenters. The first kappa shape index (κ1) is 18.2. The zero-order valence-corrected chi connectivity index (χ0v) is 15.3. The maximum Gasteiger partial charge on any atom is 0.410 e. The molecule has 25 heavy (non-hydrogen) atoms. The molecule has 1 aromatic rings. The monoisotopic (exact) mass is 349 g/mol. The topological polar surface area (TPSA) is 49.8 Å². The highest BCUT2D eigenvalue weighted by molar-refractivity contribution is 5.69. The minimum absolute atomic E-state index is 0.0480. The number of carbonyl (C=O) groups is 1. The largest absolute Gasteiger partial charge is 0.444 e. The average molecular weight is 349 g/mol. The molecule has 0 aromatic heterocycles. The van der Waals surface area contributed by atoms with E-state index in [1.807, 2.05) is 25.7 Å². The van der Waals surface area contributed by atoms with Gasteiger partial charge in [0, 0.05) is 12.1 Å². The molecule has 2 fully saturated rings. The number of piperidine rings is 1. The third-order valence-electron chi connectivity index (χ3n) is 5.25. The van der Waals surface area contributed by atoms with Gasteiger partial charge in [-0.25, -0.2) is 9.18 Å². The van der Waals surface area contributed by atoms with Gasteiger partial charge in [-0.1, -0.05) is 12.1 Å². The normalized spacial score (nSPS) is 28.9. The number of hydrogen-bond donors (Lipinski definition) is 1. The van der Waals surface area contributed by atoms with Crippen molar-refractivity contribution in [3.8, 4) is 0 Å². The van der Waals surface area contributed by atoms with Crippen LogP contribution in [0.2, 0.25) is 0 Å². The van der Waals surface area contributed by atoms with Gasteiger partial charge in [-0.05, 0) is 77.0 Å². The highest BCUT2D eigenvalue weighted by Gasteiger charge is 2.50. The van der Waals surface area contributed by atoms with Crippen molar-refractivity contribution in [3.63, 3.8) is 0 Å². The molecule has 2 aliphatic heterocycles. The summed E-state index contributed by atoms with van der Waals surface area (Å²) in [7, 11) is 0. The quantitative estimate of drug-likeness (QED) is 0.895. The van der Waals surface area contributed by atoms with Gasteiger partial charge >= 0.3 is 6.09 Å². The number of benzene rings is 1. The third kappa shape index (κ3) is 4.32. The lowest BCUT2D eigenvalue weighted by atomic mass is 9.82. The Morgan fingerprint density at radius 1 is 1.24 bits per heavy atom. The first-order chi connectivity index (χ1) is 11.7. The Bertz CT molecular complexity index is 609. The summed E-state index contributed by atoms with van der Waals surface area (Å²) in [4.78, 5) is 14.3. The lowest BCUT2D eigenvalue weighted by molar-refractivity contribution is -0.0623. The molecular weight excluding hydrogens is 321 g/mol. The van der Waals surface area contributed by atoms with Gasteiger partial charge < -0.3 is 14.7 Å². The molecule has 2 bridgehead atoms. The second-order valence-electron chi connectivity index (χ2n) is 8.53. The molecule has 0 radical (unpaired) electrons. The maximum atomic E-state index is 13.0. The lowest BCUT2D eigenvalue weighted by Gasteiger charge is -2.44. The van der Waals surface area contributed by atoms with Crippen LogP contribution in [-0.2, 0) is 11.2 Å². The molecule has 5 heteroatoms. The minimum atomic E-state index is -0.765. The molecule has 1 amide bonds. The molecule has 3 rings (SSSR count). The van der Waals surface area contributed by atoms with E-state index in [1.165, 1.54) is 12.1 Å². The Morgan fingerprint density at radius 2 is 1.80 bits per heavy atom. The van der Waals surface area contributed by atoms with Crippen LogP contribution in [0.25, 0.3) is 0 Å². The first-order valence-electron chi connectivity index (χ1n) is 9.13. The smallest absolute Gasteiger partial charge is 0.410 e. The predicted octanol–water partition coefficient (Wildman–Crippen LogP) is 4.05. The fourth-order valence-corrected chi connectivity index (χ4v) is 4.17. The fraction of sp³-hybridized carbons (Fsp3) is 0.650. The molecule has 1 aromatic carbocycles. The van der Waals surface area contributed by atoms with Gasteiger partial charge in [0.15, 0.2) is 0 Å². The number of aliphatic hydroxyl groups is 1. The van der Waals surface area contributed by atoms with Crippen LogP contribution in [0.4, 0.5) is 9.18 Å². The van der Waals surface area contributed by atoms with Gasteiger partial charge in [0.2, 0.25) is 0 Å². The lowest BCUT2D eigenvalue weighted by Crippen LogP contribution is -2.54. The van der Waals surface area contributed by atoms with Crippen LogP contribution < -0.4 is 0 Å². The molecule has 2 atom stereocenters. The van der Waals surface area contributed by atoms with E-state index in [2.05, 4.69) is 0 Å². The summed E-state index contributed by atoms with van der Waals surface area (Å²) in [6, 6.07) is 6.54. The Kier molecular flexibility index (Phi) is 4.80. The van der Waals surface area contributed by atoms with Gasteiger partial charge in [0.05, 0.1) is 5.60 Å². The first-order valence-corrected chi connectivity index (χ1v) is 9.13. The molecule has 2 heterocycles. The fourth-order valence-electron chi connectivity index (χ4n) is 4.17. The van der Waals surface area contributed by atoms with Crippen molar-refractivity contribution in [1.29, 1.82) is 0 Å². The van der Waals surface area contributed by atoms with Crippen LogP contribution in [0.5, 0.6) is 0 Å². The van der Waals surface area contributed by atoms with E-state index in [-0.39, 0.29) is 24.0 Å². The number of aryl methyl sites for hydroxylation is 1. The summed E-state index contributed by atoms with van der Waals surface area (Å²) in [5.74, 6) is -0.244. The number of rotatable bonds is 3. The highest BCUT2D eigenvalue weighted by atomic mass is 19.1. The van der Waals surface area contributed by atoms with Crippen molar-refractivity contribution >= 4 is 6.09 Å². The number of fused-ring (bicyclic) bond motifs is 2. The van der Waals surface area contributed by atoms with E-state index >= 15 is 0 Å². The predicted molar refractivity (Wildman–Crippen MR) is 93.8 cm³/mol.